The summed E-state index contributed by atoms with van der Waals surface area (Å²) < 4.78 is 18.9. The summed E-state index contributed by atoms with van der Waals surface area (Å²) >= 11 is 1.11. The Hall–Kier alpha value is -1.89. The number of aromatic nitrogens is 2. The van der Waals surface area contributed by atoms with Crippen molar-refractivity contribution in [3.63, 3.8) is 0 Å². The number of hydrogen-bond acceptors (Lipinski definition) is 11. The van der Waals surface area contributed by atoms with Crippen LogP contribution in [0.25, 0.3) is 0 Å². The monoisotopic (exact) mass is 540 g/mol. The molecule has 3 rings (SSSR count). The number of nitrogens with two attached hydrogens (primary N) is 1. The number of carbonyl (C=O) groups is 1. The molecule has 1 aliphatic rings. The third-order valence-corrected chi connectivity index (χ3v) is 7.80. The van der Waals surface area contributed by atoms with Crippen molar-refractivity contribution in [1.29, 1.82) is 0 Å². The summed E-state index contributed by atoms with van der Waals surface area (Å²) in [6.07, 6.45) is -0.563. The number of carbonyl (C=O) groups excluding carboxylic acids is 1. The molecule has 2 aromatic rings. The highest BCUT2D eigenvalue weighted by Gasteiger charge is 2.36. The van der Waals surface area contributed by atoms with Gasteiger partial charge in [0.25, 0.3) is 8.53 Å². The summed E-state index contributed by atoms with van der Waals surface area (Å²) in [5.41, 5.74) is 5.17. The SMILES string of the molecule is CC(C)(CO)C(=O)SCCOP(NCc1ccccc1)OCC1CC(O)C(n2ccc(N)nc2=O)O1. The molecule has 4 unspecified atom stereocenters. The van der Waals surface area contributed by atoms with Gasteiger partial charge in [0, 0.05) is 24.9 Å². The lowest BCUT2D eigenvalue weighted by molar-refractivity contribution is -0.119. The van der Waals surface area contributed by atoms with Gasteiger partial charge in [0.15, 0.2) is 11.3 Å². The van der Waals surface area contributed by atoms with E-state index in [1.165, 1.54) is 16.8 Å². The highest BCUT2D eigenvalue weighted by Crippen LogP contribution is 2.37. The molecule has 1 fully saturated rings. The zero-order valence-electron chi connectivity index (χ0n) is 20.3. The van der Waals surface area contributed by atoms with Crippen molar-refractivity contribution >= 4 is 31.2 Å². The first-order chi connectivity index (χ1) is 17.2. The normalized spacial score (nSPS) is 20.9. The number of aliphatic hydroxyl groups excluding tert-OH is 2. The van der Waals surface area contributed by atoms with Crippen LogP contribution in [-0.4, -0.2) is 62.7 Å². The maximum Gasteiger partial charge on any atom is 0.351 e. The summed E-state index contributed by atoms with van der Waals surface area (Å²) in [6, 6.07) is 11.2. The molecule has 13 heteroatoms. The number of aliphatic hydroxyl groups is 2. The standard InChI is InChI=1S/C23H33N4O7PS/c1-23(2,15-28)21(30)36-11-10-32-35(25-13-16-6-4-3-5-7-16)33-14-17-12-18(29)20(34-17)27-9-8-19(24)26-22(27)31/h3-9,17-18,20,25,28-29H,10-15H2,1-2H3,(H2,24,26,31). The number of nitrogen functional groups attached to an aromatic ring is 1. The van der Waals surface area contributed by atoms with E-state index in [0.717, 1.165) is 17.3 Å². The molecule has 11 nitrogen and oxygen atoms in total. The molecular formula is C23H33N4O7PS. The Balaban J connectivity index is 1.53. The molecule has 1 aliphatic heterocycles. The summed E-state index contributed by atoms with van der Waals surface area (Å²) in [6.45, 7) is 4.06. The predicted molar refractivity (Wildman–Crippen MR) is 138 cm³/mol. The Morgan fingerprint density at radius 2 is 2.08 bits per heavy atom. The van der Waals surface area contributed by atoms with Crippen LogP contribution in [0.5, 0.6) is 0 Å². The van der Waals surface area contributed by atoms with Gasteiger partial charge in [-0.15, -0.1) is 0 Å². The van der Waals surface area contributed by atoms with Crippen LogP contribution in [0.4, 0.5) is 5.82 Å². The molecule has 0 aliphatic carbocycles. The second-order valence-electron chi connectivity index (χ2n) is 8.88. The van der Waals surface area contributed by atoms with Crippen molar-refractivity contribution < 1.29 is 28.8 Å². The van der Waals surface area contributed by atoms with Gasteiger partial charge in [-0.3, -0.25) is 9.36 Å². The van der Waals surface area contributed by atoms with Crippen LogP contribution in [0.2, 0.25) is 0 Å². The largest absolute Gasteiger partial charge is 0.395 e. The van der Waals surface area contributed by atoms with Gasteiger partial charge >= 0.3 is 5.69 Å². The molecule has 4 atom stereocenters. The lowest BCUT2D eigenvalue weighted by Crippen LogP contribution is -2.31. The number of rotatable bonds is 13. The third-order valence-electron chi connectivity index (χ3n) is 5.40. The number of nitrogens with zero attached hydrogens (tertiary/aromatic N) is 2. The van der Waals surface area contributed by atoms with Crippen LogP contribution in [-0.2, 0) is 25.1 Å². The fourth-order valence-electron chi connectivity index (χ4n) is 3.25. The molecule has 2 heterocycles. The molecule has 1 aromatic heterocycles. The molecule has 1 saturated heterocycles. The zero-order valence-corrected chi connectivity index (χ0v) is 22.0. The van der Waals surface area contributed by atoms with Crippen molar-refractivity contribution in [1.82, 2.24) is 14.6 Å². The molecule has 1 aromatic carbocycles. The topological polar surface area (TPSA) is 158 Å². The Labute approximate surface area is 215 Å². The van der Waals surface area contributed by atoms with E-state index in [4.69, 9.17) is 19.5 Å². The van der Waals surface area contributed by atoms with Gasteiger partial charge in [-0.1, -0.05) is 42.1 Å². The average molecular weight is 541 g/mol. The van der Waals surface area contributed by atoms with Crippen molar-refractivity contribution in [2.24, 2.45) is 5.41 Å². The van der Waals surface area contributed by atoms with E-state index in [9.17, 15) is 19.8 Å². The molecule has 0 bridgehead atoms. The summed E-state index contributed by atoms with van der Waals surface area (Å²) in [5.74, 6) is 0.501. The van der Waals surface area contributed by atoms with Gasteiger partial charge in [0.2, 0.25) is 0 Å². The van der Waals surface area contributed by atoms with Gasteiger partial charge in [0.05, 0.1) is 31.3 Å². The first-order valence-electron chi connectivity index (χ1n) is 11.5. The maximum atomic E-state index is 12.2. The highest BCUT2D eigenvalue weighted by atomic mass is 32.2. The quantitative estimate of drug-likeness (QED) is 0.217. The smallest absolute Gasteiger partial charge is 0.351 e. The second kappa shape index (κ2) is 13.6. The van der Waals surface area contributed by atoms with Gasteiger partial charge in [-0.05, 0) is 25.5 Å². The van der Waals surface area contributed by atoms with E-state index >= 15 is 0 Å². The number of ether oxygens (including phenoxy) is 1. The number of benzene rings is 1. The average Bonchev–Trinajstić information content (AvgIpc) is 3.23. The number of nitrogens with one attached hydrogen (secondary N) is 1. The van der Waals surface area contributed by atoms with Crippen LogP contribution in [0, 0.1) is 5.41 Å². The Morgan fingerprint density at radius 1 is 1.33 bits per heavy atom. The minimum atomic E-state index is -1.54. The van der Waals surface area contributed by atoms with Gasteiger partial charge < -0.3 is 29.7 Å². The van der Waals surface area contributed by atoms with Crippen LogP contribution in [0.15, 0.2) is 47.4 Å². The van der Waals surface area contributed by atoms with Crippen LogP contribution < -0.4 is 16.5 Å². The predicted octanol–water partition coefficient (Wildman–Crippen LogP) is 1.80. The second-order valence-corrected chi connectivity index (χ2v) is 11.3. The molecule has 0 amide bonds. The van der Waals surface area contributed by atoms with Crippen LogP contribution >= 0.6 is 20.3 Å². The number of hydrogen-bond donors (Lipinski definition) is 4. The van der Waals surface area contributed by atoms with E-state index in [1.54, 1.807) is 13.8 Å². The Morgan fingerprint density at radius 3 is 2.78 bits per heavy atom. The Kier molecular flexibility index (Phi) is 10.8. The minimum Gasteiger partial charge on any atom is -0.395 e. The van der Waals surface area contributed by atoms with Crippen LogP contribution in [0.3, 0.4) is 0 Å². The van der Waals surface area contributed by atoms with Crippen molar-refractivity contribution in [2.45, 2.75) is 45.2 Å². The van der Waals surface area contributed by atoms with E-state index in [2.05, 4.69) is 10.1 Å². The first-order valence-corrected chi connectivity index (χ1v) is 13.7. The molecule has 5 N–H and O–H groups in total. The van der Waals surface area contributed by atoms with Crippen molar-refractivity contribution in [3.05, 3.63) is 58.6 Å². The molecular weight excluding hydrogens is 507 g/mol. The molecule has 198 valence electrons. The summed E-state index contributed by atoms with van der Waals surface area (Å²) in [4.78, 5) is 28.0. The molecule has 0 saturated carbocycles. The van der Waals surface area contributed by atoms with E-state index < -0.39 is 38.1 Å². The fourth-order valence-corrected chi connectivity index (χ4v) is 5.31. The fraction of sp³-hybridized carbons (Fsp3) is 0.522. The Bertz CT molecular complexity index is 1040. The summed E-state index contributed by atoms with van der Waals surface area (Å²) in [7, 11) is -1.54. The molecule has 0 radical (unpaired) electrons. The molecule has 0 spiro atoms. The lowest BCUT2D eigenvalue weighted by Gasteiger charge is -2.21. The van der Waals surface area contributed by atoms with E-state index in [0.29, 0.717) is 12.3 Å². The lowest BCUT2D eigenvalue weighted by atomic mass is 9.97. The highest BCUT2D eigenvalue weighted by molar-refractivity contribution is 8.13. The maximum absolute atomic E-state index is 12.2. The number of thioether (sulfide) groups is 1. The minimum absolute atomic E-state index is 0.0932. The molecule has 36 heavy (non-hydrogen) atoms. The van der Waals surface area contributed by atoms with Crippen molar-refractivity contribution in [3.8, 4) is 0 Å². The summed E-state index contributed by atoms with van der Waals surface area (Å²) in [5, 5.41) is 22.9. The van der Waals surface area contributed by atoms with Gasteiger partial charge in [-0.2, -0.15) is 4.98 Å². The van der Waals surface area contributed by atoms with Crippen molar-refractivity contribution in [2.75, 3.05) is 31.3 Å². The van der Waals surface area contributed by atoms with E-state index in [-0.39, 0.29) is 37.2 Å². The van der Waals surface area contributed by atoms with Gasteiger partial charge in [-0.25, -0.2) is 9.88 Å². The number of anilines is 1. The van der Waals surface area contributed by atoms with E-state index in [1.807, 2.05) is 30.3 Å². The first kappa shape index (κ1) is 28.7. The van der Waals surface area contributed by atoms with Gasteiger partial charge in [0.1, 0.15) is 11.9 Å². The zero-order chi connectivity index (χ0) is 26.1. The third kappa shape index (κ3) is 8.32. The van der Waals surface area contributed by atoms with Crippen LogP contribution in [0.1, 0.15) is 32.1 Å².